The molecule has 1 amide bonds. The van der Waals surface area contributed by atoms with Crippen LogP contribution < -0.4 is 5.32 Å². The molecule has 0 spiro atoms. The number of aliphatic hydroxyl groups excluding tert-OH is 6. The number of aryl methyl sites for hydroxylation is 3. The zero-order valence-electron chi connectivity index (χ0n) is 39.9. The molecule has 2 saturated heterocycles. The summed E-state index contributed by atoms with van der Waals surface area (Å²) in [7, 11) is 0. The molecule has 0 saturated carbocycles. The Morgan fingerprint density at radius 1 is 0.881 bits per heavy atom. The molecule has 368 valence electrons. The van der Waals surface area contributed by atoms with Gasteiger partial charge in [-0.3, -0.25) is 9.78 Å². The summed E-state index contributed by atoms with van der Waals surface area (Å²) in [5.41, 5.74) is 13.1. The van der Waals surface area contributed by atoms with E-state index in [-0.39, 0.29) is 42.0 Å². The van der Waals surface area contributed by atoms with Crippen LogP contribution >= 0.6 is 23.5 Å². The second kappa shape index (κ2) is 23.1. The first-order valence-electron chi connectivity index (χ1n) is 23.9. The number of allylic oxidation sites excluding steroid dienone is 1. The maximum Gasteiger partial charge on any atom is 0.220 e. The number of H-pyrrole nitrogens is 2. The first-order chi connectivity index (χ1) is 32.1. The van der Waals surface area contributed by atoms with Gasteiger partial charge in [0.1, 0.15) is 35.3 Å². The molecule has 3 aromatic rings. The predicted molar refractivity (Wildman–Crippen MR) is 265 cm³/mol. The van der Waals surface area contributed by atoms with Crippen molar-refractivity contribution >= 4 is 63.1 Å². The van der Waals surface area contributed by atoms with Crippen LogP contribution in [0.2, 0.25) is 0 Å². The molecular weight excluding hydrogens is 895 g/mol. The lowest BCUT2D eigenvalue weighted by Gasteiger charge is -2.39. The van der Waals surface area contributed by atoms with Gasteiger partial charge in [0.05, 0.1) is 42.9 Å². The van der Waals surface area contributed by atoms with Crippen molar-refractivity contribution in [3.63, 3.8) is 0 Å². The fraction of sp³-hybridized carbons (Fsp3) is 0.620. The molecule has 0 aromatic carbocycles. The summed E-state index contributed by atoms with van der Waals surface area (Å²) in [6.45, 7) is 15.2. The van der Waals surface area contributed by atoms with Gasteiger partial charge in [0.2, 0.25) is 5.91 Å². The number of fused-ring (bicyclic) bond motifs is 8. The number of hydrogen-bond acceptors (Lipinski definition) is 14. The van der Waals surface area contributed by atoms with E-state index in [0.717, 1.165) is 91.3 Å². The lowest BCUT2D eigenvalue weighted by atomic mass is 9.85. The third-order valence-corrected chi connectivity index (χ3v) is 16.3. The summed E-state index contributed by atoms with van der Waals surface area (Å²) in [5, 5.41) is 63.3. The summed E-state index contributed by atoms with van der Waals surface area (Å²) < 4.78 is 18.1. The highest BCUT2D eigenvalue weighted by Crippen LogP contribution is 2.42. The van der Waals surface area contributed by atoms with E-state index >= 15 is 0 Å². The Labute approximate surface area is 401 Å². The average molecular weight is 966 g/mol. The average Bonchev–Trinajstić information content (AvgIpc) is 4.02. The predicted octanol–water partition coefficient (Wildman–Crippen LogP) is 6.13. The van der Waals surface area contributed by atoms with Gasteiger partial charge >= 0.3 is 0 Å². The maximum absolute atomic E-state index is 13.3. The Morgan fingerprint density at radius 2 is 1.63 bits per heavy atom. The molecule has 7 heterocycles. The lowest BCUT2D eigenvalue weighted by molar-refractivity contribution is -0.205. The fourth-order valence-corrected chi connectivity index (χ4v) is 12.1. The molecule has 15 nitrogen and oxygen atoms in total. The number of carbonyl (C=O) groups excluding carboxylic acids is 1. The highest BCUT2D eigenvalue weighted by molar-refractivity contribution is 8.00. The van der Waals surface area contributed by atoms with Crippen LogP contribution in [0.15, 0.2) is 18.2 Å². The molecule has 8 bridgehead atoms. The molecule has 0 aliphatic carbocycles. The first kappa shape index (κ1) is 51.5. The molecule has 17 heteroatoms. The fourth-order valence-electron chi connectivity index (χ4n) is 9.81. The van der Waals surface area contributed by atoms with E-state index in [1.165, 1.54) is 17.3 Å². The van der Waals surface area contributed by atoms with Gasteiger partial charge in [-0.1, -0.05) is 13.8 Å². The van der Waals surface area contributed by atoms with Gasteiger partial charge in [-0.15, -0.1) is 23.5 Å². The van der Waals surface area contributed by atoms with E-state index in [2.05, 4.69) is 81.1 Å². The van der Waals surface area contributed by atoms with Gasteiger partial charge in [0.25, 0.3) is 0 Å². The number of aromatic nitrogens is 4. The first-order valence-corrected chi connectivity index (χ1v) is 26.0. The van der Waals surface area contributed by atoms with Crippen LogP contribution in [0.25, 0.3) is 33.7 Å². The van der Waals surface area contributed by atoms with E-state index in [1.54, 1.807) is 11.8 Å². The molecular formula is C50H71N5O10S2. The van der Waals surface area contributed by atoms with Crippen molar-refractivity contribution < 1.29 is 49.6 Å². The van der Waals surface area contributed by atoms with E-state index in [9.17, 15) is 35.4 Å². The molecule has 4 aliphatic heterocycles. The Balaban J connectivity index is 1.13. The van der Waals surface area contributed by atoms with E-state index in [1.807, 2.05) is 6.92 Å². The number of aromatic amines is 2. The van der Waals surface area contributed by atoms with Gasteiger partial charge in [0.15, 0.2) is 0 Å². The molecule has 0 radical (unpaired) electrons. The van der Waals surface area contributed by atoms with Crippen molar-refractivity contribution in [3.05, 3.63) is 68.8 Å². The van der Waals surface area contributed by atoms with Crippen molar-refractivity contribution in [1.29, 1.82) is 0 Å². The molecule has 1 unspecified atom stereocenters. The number of nitrogens with zero attached hydrogens (tertiary/aromatic N) is 2. The van der Waals surface area contributed by atoms with Crippen molar-refractivity contribution in [3.8, 4) is 0 Å². The number of nitrogens with one attached hydrogen (secondary N) is 3. The number of carbonyl (C=O) groups is 1. The third-order valence-electron chi connectivity index (χ3n) is 13.8. The van der Waals surface area contributed by atoms with Crippen LogP contribution in [0.4, 0.5) is 0 Å². The van der Waals surface area contributed by atoms with Crippen LogP contribution in [0.5, 0.6) is 0 Å². The number of ether oxygens (including phenoxy) is 3. The van der Waals surface area contributed by atoms with Gasteiger partial charge in [-0.2, -0.15) is 0 Å². The minimum atomic E-state index is -1.41. The summed E-state index contributed by atoms with van der Waals surface area (Å²) in [5.74, 6) is 1.30. The number of rotatable bonds is 18. The number of thioether (sulfide) groups is 2. The van der Waals surface area contributed by atoms with Gasteiger partial charge in [0, 0.05) is 83.3 Å². The highest BCUT2D eigenvalue weighted by atomic mass is 32.2. The zero-order chi connectivity index (χ0) is 48.1. The molecule has 4 aliphatic rings. The van der Waals surface area contributed by atoms with Crippen LogP contribution in [0.1, 0.15) is 135 Å². The molecule has 11 atom stereocenters. The normalized spacial score (nSPS) is 27.0. The standard InChI is InChI=1S/C50H71N5O10S2/c1-8-33-26(3)37-22-41-45(30(7)63-14-10-16-67-50-49(62)48(61)47(60)42(24-57)65-50)28(5)39(54-41)21-38-27(4)34(46(55-38)29(6)36-17-25(2)35(52-36)20-40(33)53-37)11-12-43(59)51-13-9-15-66-44-19-31(58)18-32(23-56)64-44/h17,20-22,27,30-32,34,42,44,47-50,53-54,56-58,60-62H,8-16,18-19,23-24H2,1-7H3,(H,51,59)/t27-,30?,31-,32-,34-,42+,44-,47+,48-,49+,50-/m0/s1. The van der Waals surface area contributed by atoms with Crippen LogP contribution in [0.3, 0.4) is 0 Å². The third kappa shape index (κ3) is 11.8. The smallest absolute Gasteiger partial charge is 0.220 e. The Hall–Kier alpha value is -3.33. The molecule has 7 rings (SSSR count). The van der Waals surface area contributed by atoms with Crippen molar-refractivity contribution in [2.75, 3.05) is 37.9 Å². The van der Waals surface area contributed by atoms with Crippen LogP contribution in [0, 0.1) is 20.8 Å². The van der Waals surface area contributed by atoms with Gasteiger partial charge in [-0.05, 0) is 124 Å². The Morgan fingerprint density at radius 3 is 2.37 bits per heavy atom. The zero-order valence-corrected chi connectivity index (χ0v) is 41.5. The quantitative estimate of drug-likeness (QED) is 0.0653. The second-order valence-electron chi connectivity index (χ2n) is 18.5. The monoisotopic (exact) mass is 965 g/mol. The highest BCUT2D eigenvalue weighted by Gasteiger charge is 2.43. The molecule has 9 N–H and O–H groups in total. The minimum absolute atomic E-state index is 0.00692. The number of hydrogen-bond donors (Lipinski definition) is 9. The minimum Gasteiger partial charge on any atom is -0.394 e. The van der Waals surface area contributed by atoms with Gasteiger partial charge in [-0.25, -0.2) is 4.98 Å². The van der Waals surface area contributed by atoms with E-state index in [0.29, 0.717) is 51.0 Å². The Kier molecular flexibility index (Phi) is 17.7. The second-order valence-corrected chi connectivity index (χ2v) is 21.0. The van der Waals surface area contributed by atoms with Crippen LogP contribution in [-0.2, 0) is 25.4 Å². The number of aliphatic hydroxyl groups is 6. The number of amides is 1. The lowest BCUT2D eigenvalue weighted by Crippen LogP contribution is -2.57. The summed E-state index contributed by atoms with van der Waals surface area (Å²) >= 11 is 2.93. The van der Waals surface area contributed by atoms with Crippen molar-refractivity contribution in [1.82, 2.24) is 25.3 Å². The molecule has 67 heavy (non-hydrogen) atoms. The molecule has 2 fully saturated rings. The largest absolute Gasteiger partial charge is 0.394 e. The summed E-state index contributed by atoms with van der Waals surface area (Å²) in [6.07, 6.45) is 0.171. The van der Waals surface area contributed by atoms with Gasteiger partial charge < -0.3 is 60.1 Å². The maximum atomic E-state index is 13.3. The topological polar surface area (TPSA) is 236 Å². The SMILES string of the molecule is CCc1c(C)c2cc3[nH]c(cc4nc(c(C)c5nc(cc1[nH]2)C(C)=C5)[C@@H](CCC(=O)NCCCS[C@H]1C[C@@H](O)C[C@@H](CO)O1)[C@@H]4C)c(C)c3C(C)OCCCS[C@@H]1O[C@H](CO)[C@@H](O)[C@H](O)[C@H]1O. The van der Waals surface area contributed by atoms with E-state index < -0.39 is 42.6 Å². The van der Waals surface area contributed by atoms with Crippen molar-refractivity contribution in [2.24, 2.45) is 0 Å². The van der Waals surface area contributed by atoms with Crippen LogP contribution in [-0.4, -0.2) is 142 Å². The summed E-state index contributed by atoms with van der Waals surface area (Å²) in [6, 6.07) is 6.45. The molecule has 3 aromatic heterocycles. The summed E-state index contributed by atoms with van der Waals surface area (Å²) in [4.78, 5) is 31.3. The van der Waals surface area contributed by atoms with Crippen molar-refractivity contribution in [2.45, 2.75) is 159 Å². The Bertz CT molecular complexity index is 2410. The van der Waals surface area contributed by atoms with E-state index in [4.69, 9.17) is 24.2 Å².